The second-order valence-corrected chi connectivity index (χ2v) is 8.88. The largest absolute Gasteiger partial charge is 0.493 e. The quantitative estimate of drug-likeness (QED) is 0.225. The fourth-order valence-electron chi connectivity index (χ4n) is 3.15. The molecular weight excluding hydrogens is 421 g/mol. The van der Waals surface area contributed by atoms with Gasteiger partial charge in [-0.1, -0.05) is 33.1 Å². The summed E-state index contributed by atoms with van der Waals surface area (Å²) in [6.45, 7) is 7.53. The summed E-state index contributed by atoms with van der Waals surface area (Å²) in [5, 5.41) is 0. The molecule has 0 aliphatic heterocycles. The number of thioether (sulfide) groups is 1. The second kappa shape index (κ2) is 12.9. The molecule has 1 atom stereocenters. The van der Waals surface area contributed by atoms with Gasteiger partial charge in [0.2, 0.25) is 0 Å². The molecule has 0 amide bonds. The lowest BCUT2D eigenvalue weighted by Gasteiger charge is -2.18. The van der Waals surface area contributed by atoms with Crippen molar-refractivity contribution in [3.8, 4) is 11.5 Å². The third-order valence-corrected chi connectivity index (χ3v) is 6.20. The van der Waals surface area contributed by atoms with E-state index >= 15 is 0 Å². The van der Waals surface area contributed by atoms with E-state index in [0.717, 1.165) is 54.9 Å². The van der Waals surface area contributed by atoms with Crippen LogP contribution in [-0.2, 0) is 6.18 Å². The van der Waals surface area contributed by atoms with Gasteiger partial charge >= 0.3 is 6.18 Å². The Kier molecular flexibility index (Phi) is 10.6. The van der Waals surface area contributed by atoms with E-state index in [2.05, 4.69) is 32.9 Å². The molecule has 0 aliphatic carbocycles. The van der Waals surface area contributed by atoms with Gasteiger partial charge in [0, 0.05) is 16.6 Å². The van der Waals surface area contributed by atoms with Crippen molar-refractivity contribution in [1.29, 1.82) is 0 Å². The highest BCUT2D eigenvalue weighted by Gasteiger charge is 2.30. The molecule has 1 unspecified atom stereocenters. The van der Waals surface area contributed by atoms with Crippen molar-refractivity contribution in [2.75, 3.05) is 19.0 Å². The van der Waals surface area contributed by atoms with Gasteiger partial charge in [0.15, 0.2) is 0 Å². The number of rotatable bonds is 13. The molecule has 172 valence electrons. The maximum Gasteiger partial charge on any atom is 0.416 e. The van der Waals surface area contributed by atoms with Gasteiger partial charge in [-0.25, -0.2) is 0 Å². The molecule has 2 aromatic rings. The molecule has 2 rings (SSSR count). The second-order valence-electron chi connectivity index (χ2n) is 7.78. The van der Waals surface area contributed by atoms with Crippen LogP contribution in [0.3, 0.4) is 0 Å². The molecule has 0 spiro atoms. The SMILES string of the molecule is CCCCCC(COc1ccc(C(F)(F)F)cc1)CSc1ccc(OCCC)c(C)c1. The van der Waals surface area contributed by atoms with Gasteiger partial charge in [-0.05, 0) is 67.8 Å². The summed E-state index contributed by atoms with van der Waals surface area (Å²) in [7, 11) is 0. The number of halogens is 3. The van der Waals surface area contributed by atoms with E-state index in [4.69, 9.17) is 9.47 Å². The van der Waals surface area contributed by atoms with Gasteiger partial charge in [0.05, 0.1) is 18.8 Å². The Bertz CT molecular complexity index is 775. The van der Waals surface area contributed by atoms with E-state index in [9.17, 15) is 13.2 Å². The molecule has 0 radical (unpaired) electrons. The Morgan fingerprint density at radius 1 is 0.935 bits per heavy atom. The minimum Gasteiger partial charge on any atom is -0.493 e. The van der Waals surface area contributed by atoms with Crippen LogP contribution in [0.2, 0.25) is 0 Å². The Morgan fingerprint density at radius 3 is 2.29 bits per heavy atom. The maximum atomic E-state index is 12.7. The van der Waals surface area contributed by atoms with Crippen molar-refractivity contribution >= 4 is 11.8 Å². The normalized spacial score (nSPS) is 12.6. The van der Waals surface area contributed by atoms with E-state index in [0.29, 0.717) is 24.9 Å². The summed E-state index contributed by atoms with van der Waals surface area (Å²) >= 11 is 1.79. The first-order valence-electron chi connectivity index (χ1n) is 11.0. The number of hydrogen-bond acceptors (Lipinski definition) is 3. The Hall–Kier alpha value is -1.82. The lowest BCUT2D eigenvalue weighted by atomic mass is 10.0. The molecule has 0 N–H and O–H groups in total. The number of hydrogen-bond donors (Lipinski definition) is 0. The van der Waals surface area contributed by atoms with Gasteiger partial charge < -0.3 is 9.47 Å². The van der Waals surface area contributed by atoms with E-state index < -0.39 is 11.7 Å². The van der Waals surface area contributed by atoms with Gasteiger partial charge in [-0.3, -0.25) is 0 Å². The van der Waals surface area contributed by atoms with Crippen LogP contribution in [0.15, 0.2) is 47.4 Å². The predicted octanol–water partition coefficient (Wildman–Crippen LogP) is 8.17. The third-order valence-electron chi connectivity index (χ3n) is 4.98. The standard InChI is InChI=1S/C25H33F3O2S/c1-4-6-7-8-20(17-30-22-11-9-21(10-12-22)25(26,27)28)18-31-23-13-14-24(19(3)16-23)29-15-5-2/h9-14,16,20H,4-8,15,17-18H2,1-3H3. The van der Waals surface area contributed by atoms with Crippen LogP contribution >= 0.6 is 11.8 Å². The minimum absolute atomic E-state index is 0.329. The summed E-state index contributed by atoms with van der Waals surface area (Å²) in [5.74, 6) is 2.64. The Balaban J connectivity index is 1.93. The fraction of sp³-hybridized carbons (Fsp3) is 0.520. The first-order chi connectivity index (χ1) is 14.8. The van der Waals surface area contributed by atoms with E-state index in [1.807, 2.05) is 6.07 Å². The number of benzene rings is 2. The van der Waals surface area contributed by atoms with Gasteiger partial charge in [0.1, 0.15) is 11.5 Å². The summed E-state index contributed by atoms with van der Waals surface area (Å²) in [4.78, 5) is 1.19. The van der Waals surface area contributed by atoms with Crippen LogP contribution in [-0.4, -0.2) is 19.0 Å². The van der Waals surface area contributed by atoms with Crippen LogP contribution in [0.4, 0.5) is 13.2 Å². The average Bonchev–Trinajstić information content (AvgIpc) is 2.74. The van der Waals surface area contributed by atoms with Crippen LogP contribution < -0.4 is 9.47 Å². The Labute approximate surface area is 188 Å². The first-order valence-corrected chi connectivity index (χ1v) is 12.0. The smallest absolute Gasteiger partial charge is 0.416 e. The highest BCUT2D eigenvalue weighted by Crippen LogP contribution is 2.31. The fourth-order valence-corrected chi connectivity index (χ4v) is 4.27. The number of unbranched alkanes of at least 4 members (excludes halogenated alkanes) is 2. The number of ether oxygens (including phenoxy) is 2. The number of aryl methyl sites for hydroxylation is 1. The van der Waals surface area contributed by atoms with Crippen molar-refractivity contribution in [2.24, 2.45) is 5.92 Å². The summed E-state index contributed by atoms with van der Waals surface area (Å²) in [5.41, 5.74) is 0.471. The third kappa shape index (κ3) is 9.06. The molecule has 0 aliphatic rings. The molecule has 6 heteroatoms. The highest BCUT2D eigenvalue weighted by molar-refractivity contribution is 7.99. The van der Waals surface area contributed by atoms with E-state index in [1.54, 1.807) is 11.8 Å². The zero-order chi connectivity index (χ0) is 22.7. The topological polar surface area (TPSA) is 18.5 Å². The average molecular weight is 455 g/mol. The van der Waals surface area contributed by atoms with E-state index in [1.165, 1.54) is 23.4 Å². The lowest BCUT2D eigenvalue weighted by molar-refractivity contribution is -0.137. The predicted molar refractivity (Wildman–Crippen MR) is 122 cm³/mol. The lowest BCUT2D eigenvalue weighted by Crippen LogP contribution is -2.15. The molecule has 0 aromatic heterocycles. The minimum atomic E-state index is -4.33. The molecule has 2 aromatic carbocycles. The van der Waals surface area contributed by atoms with Crippen molar-refractivity contribution in [3.05, 3.63) is 53.6 Å². The molecule has 0 fully saturated rings. The maximum absolute atomic E-state index is 12.7. The monoisotopic (exact) mass is 454 g/mol. The van der Waals surface area contributed by atoms with Crippen LogP contribution in [0.25, 0.3) is 0 Å². The van der Waals surface area contributed by atoms with Crippen molar-refractivity contribution in [2.45, 2.75) is 63.9 Å². The Morgan fingerprint density at radius 2 is 1.68 bits per heavy atom. The van der Waals surface area contributed by atoms with Crippen molar-refractivity contribution in [3.63, 3.8) is 0 Å². The summed E-state index contributed by atoms with van der Waals surface area (Å²) < 4.78 is 49.8. The van der Waals surface area contributed by atoms with Gasteiger partial charge in [-0.15, -0.1) is 11.8 Å². The van der Waals surface area contributed by atoms with Crippen LogP contribution in [0.1, 0.15) is 57.1 Å². The molecule has 0 bridgehead atoms. The molecular formula is C25H33F3O2S. The van der Waals surface area contributed by atoms with E-state index in [-0.39, 0.29) is 0 Å². The molecule has 31 heavy (non-hydrogen) atoms. The zero-order valence-corrected chi connectivity index (χ0v) is 19.5. The van der Waals surface area contributed by atoms with Crippen LogP contribution in [0.5, 0.6) is 11.5 Å². The van der Waals surface area contributed by atoms with Gasteiger partial charge in [0.25, 0.3) is 0 Å². The van der Waals surface area contributed by atoms with Crippen LogP contribution in [0, 0.1) is 12.8 Å². The molecule has 2 nitrogen and oxygen atoms in total. The number of alkyl halides is 3. The molecule has 0 saturated carbocycles. The first kappa shape index (κ1) is 25.4. The van der Waals surface area contributed by atoms with Gasteiger partial charge in [-0.2, -0.15) is 13.2 Å². The summed E-state index contributed by atoms with van der Waals surface area (Å²) in [6.07, 6.45) is 1.14. The molecule has 0 saturated heterocycles. The zero-order valence-electron chi connectivity index (χ0n) is 18.6. The molecule has 0 heterocycles. The van der Waals surface area contributed by atoms with Crippen molar-refractivity contribution < 1.29 is 22.6 Å². The summed E-state index contributed by atoms with van der Waals surface area (Å²) in [6, 6.07) is 11.2. The highest BCUT2D eigenvalue weighted by atomic mass is 32.2. The van der Waals surface area contributed by atoms with Crippen molar-refractivity contribution in [1.82, 2.24) is 0 Å².